The minimum atomic E-state index is -0.241. The second-order valence-electron chi connectivity index (χ2n) is 5.14. The summed E-state index contributed by atoms with van der Waals surface area (Å²) >= 11 is 0. The van der Waals surface area contributed by atoms with Crippen LogP contribution in [0.25, 0.3) is 11.1 Å². The molecule has 3 rings (SSSR count). The zero-order valence-corrected chi connectivity index (χ0v) is 11.7. The number of nitrogens with one attached hydrogen (secondary N) is 1. The molecule has 0 bridgehead atoms. The number of fused-ring (bicyclic) bond motifs is 1. The molecule has 0 radical (unpaired) electrons. The molecule has 20 heavy (non-hydrogen) atoms. The summed E-state index contributed by atoms with van der Waals surface area (Å²) in [6.07, 6.45) is 2.18. The van der Waals surface area contributed by atoms with Gasteiger partial charge >= 0.3 is 0 Å². The van der Waals surface area contributed by atoms with E-state index in [0.717, 1.165) is 24.0 Å². The van der Waals surface area contributed by atoms with Crippen molar-refractivity contribution in [2.45, 2.75) is 18.9 Å². The fraction of sp³-hybridized carbons (Fsp3) is 0.294. The van der Waals surface area contributed by atoms with Crippen molar-refractivity contribution in [1.82, 2.24) is 5.32 Å². The van der Waals surface area contributed by atoms with Gasteiger partial charge in [-0.25, -0.2) is 4.39 Å². The first kappa shape index (κ1) is 13.1. The van der Waals surface area contributed by atoms with Gasteiger partial charge in [0.05, 0.1) is 7.11 Å². The van der Waals surface area contributed by atoms with E-state index in [9.17, 15) is 4.39 Å². The van der Waals surface area contributed by atoms with E-state index in [-0.39, 0.29) is 5.82 Å². The number of halogens is 1. The summed E-state index contributed by atoms with van der Waals surface area (Å²) in [6.45, 7) is 0. The summed E-state index contributed by atoms with van der Waals surface area (Å²) in [6, 6.07) is 11.4. The van der Waals surface area contributed by atoms with Crippen LogP contribution in [0.5, 0.6) is 5.75 Å². The lowest BCUT2D eigenvalue weighted by Crippen LogP contribution is -2.12. The molecule has 0 saturated heterocycles. The molecular weight excluding hydrogens is 253 g/mol. The van der Waals surface area contributed by atoms with Gasteiger partial charge in [-0.3, -0.25) is 0 Å². The smallest absolute Gasteiger partial charge is 0.126 e. The quantitative estimate of drug-likeness (QED) is 0.919. The van der Waals surface area contributed by atoms with E-state index in [1.807, 2.05) is 13.1 Å². The van der Waals surface area contributed by atoms with Crippen molar-refractivity contribution in [1.29, 1.82) is 0 Å². The number of benzene rings is 2. The van der Waals surface area contributed by atoms with Crippen molar-refractivity contribution >= 4 is 0 Å². The zero-order valence-electron chi connectivity index (χ0n) is 11.7. The summed E-state index contributed by atoms with van der Waals surface area (Å²) in [7, 11) is 3.60. The number of methoxy groups -OCH3 is 1. The number of hydrogen-bond donors (Lipinski definition) is 1. The lowest BCUT2D eigenvalue weighted by Gasteiger charge is -2.12. The van der Waals surface area contributed by atoms with Crippen molar-refractivity contribution in [3.63, 3.8) is 0 Å². The minimum Gasteiger partial charge on any atom is -0.496 e. The molecule has 2 nitrogen and oxygen atoms in total. The van der Waals surface area contributed by atoms with E-state index in [1.54, 1.807) is 13.2 Å². The number of aryl methyl sites for hydroxylation is 1. The van der Waals surface area contributed by atoms with Crippen molar-refractivity contribution in [3.05, 3.63) is 53.3 Å². The molecule has 0 spiro atoms. The third-order valence-corrected chi connectivity index (χ3v) is 4.04. The molecule has 1 aliphatic carbocycles. The Balaban J connectivity index is 2.06. The van der Waals surface area contributed by atoms with E-state index < -0.39 is 0 Å². The Kier molecular flexibility index (Phi) is 3.45. The predicted octanol–water partition coefficient (Wildman–Crippen LogP) is 3.71. The van der Waals surface area contributed by atoms with Gasteiger partial charge in [0.15, 0.2) is 0 Å². The molecule has 104 valence electrons. The van der Waals surface area contributed by atoms with Crippen LogP contribution in [-0.4, -0.2) is 14.2 Å². The number of hydrogen-bond acceptors (Lipinski definition) is 2. The van der Waals surface area contributed by atoms with Crippen molar-refractivity contribution in [3.8, 4) is 16.9 Å². The highest BCUT2D eigenvalue weighted by atomic mass is 19.1. The second-order valence-corrected chi connectivity index (χ2v) is 5.14. The average molecular weight is 271 g/mol. The highest BCUT2D eigenvalue weighted by Crippen LogP contribution is 2.36. The first-order valence-corrected chi connectivity index (χ1v) is 6.87. The highest BCUT2D eigenvalue weighted by molar-refractivity contribution is 5.71. The Hall–Kier alpha value is -1.87. The lowest BCUT2D eigenvalue weighted by atomic mass is 9.99. The molecule has 1 atom stereocenters. The predicted molar refractivity (Wildman–Crippen MR) is 78.5 cm³/mol. The lowest BCUT2D eigenvalue weighted by molar-refractivity contribution is 0.415. The van der Waals surface area contributed by atoms with Gasteiger partial charge in [0.25, 0.3) is 0 Å². The first-order chi connectivity index (χ1) is 9.72. The van der Waals surface area contributed by atoms with Crippen LogP contribution in [0.15, 0.2) is 36.4 Å². The van der Waals surface area contributed by atoms with E-state index in [0.29, 0.717) is 11.8 Å². The van der Waals surface area contributed by atoms with Crippen LogP contribution in [-0.2, 0) is 6.42 Å². The molecule has 0 fully saturated rings. The molecule has 2 aromatic carbocycles. The van der Waals surface area contributed by atoms with Crippen LogP contribution < -0.4 is 10.1 Å². The standard InChI is InChI=1S/C17H18FNO/c1-19-16-7-4-11-9-12(3-6-14(11)16)15-10-13(18)5-8-17(15)20-2/h3,5-6,8-10,16,19H,4,7H2,1-2H3. The Bertz CT molecular complexity index is 639. The Morgan fingerprint density at radius 2 is 2.05 bits per heavy atom. The third-order valence-electron chi connectivity index (χ3n) is 4.04. The maximum atomic E-state index is 13.5. The SMILES string of the molecule is CNC1CCc2cc(-c3cc(F)ccc3OC)ccc21. The normalized spacial score (nSPS) is 17.1. The summed E-state index contributed by atoms with van der Waals surface area (Å²) in [4.78, 5) is 0. The Labute approximate surface area is 118 Å². The third kappa shape index (κ3) is 2.18. The minimum absolute atomic E-state index is 0.241. The van der Waals surface area contributed by atoms with Gasteiger partial charge in [0, 0.05) is 11.6 Å². The van der Waals surface area contributed by atoms with Gasteiger partial charge < -0.3 is 10.1 Å². The van der Waals surface area contributed by atoms with Crippen LogP contribution in [0.4, 0.5) is 4.39 Å². The summed E-state index contributed by atoms with van der Waals surface area (Å²) in [5.41, 5.74) is 4.51. The van der Waals surface area contributed by atoms with Gasteiger partial charge in [0.1, 0.15) is 11.6 Å². The fourth-order valence-electron chi connectivity index (χ4n) is 2.99. The monoisotopic (exact) mass is 271 g/mol. The molecule has 1 aliphatic rings. The van der Waals surface area contributed by atoms with E-state index in [2.05, 4.69) is 17.4 Å². The van der Waals surface area contributed by atoms with Gasteiger partial charge in [-0.15, -0.1) is 0 Å². The van der Waals surface area contributed by atoms with E-state index in [1.165, 1.54) is 23.3 Å². The molecule has 0 aliphatic heterocycles. The van der Waals surface area contributed by atoms with E-state index in [4.69, 9.17) is 4.74 Å². The number of rotatable bonds is 3. The van der Waals surface area contributed by atoms with Gasteiger partial charge in [-0.1, -0.05) is 18.2 Å². The second kappa shape index (κ2) is 5.25. The first-order valence-electron chi connectivity index (χ1n) is 6.87. The highest BCUT2D eigenvalue weighted by Gasteiger charge is 2.21. The van der Waals surface area contributed by atoms with Crippen LogP contribution in [0, 0.1) is 5.82 Å². The maximum absolute atomic E-state index is 13.5. The zero-order chi connectivity index (χ0) is 14.1. The van der Waals surface area contributed by atoms with Gasteiger partial charge in [-0.2, -0.15) is 0 Å². The maximum Gasteiger partial charge on any atom is 0.126 e. The van der Waals surface area contributed by atoms with Crippen molar-refractivity contribution in [2.24, 2.45) is 0 Å². The van der Waals surface area contributed by atoms with E-state index >= 15 is 0 Å². The molecule has 1 N–H and O–H groups in total. The molecular formula is C17H18FNO. The molecule has 1 unspecified atom stereocenters. The molecule has 0 amide bonds. The van der Waals surface area contributed by atoms with Crippen LogP contribution in [0.1, 0.15) is 23.6 Å². The summed E-state index contributed by atoms with van der Waals surface area (Å²) < 4.78 is 18.8. The van der Waals surface area contributed by atoms with Crippen LogP contribution in [0.3, 0.4) is 0 Å². The van der Waals surface area contributed by atoms with Crippen LogP contribution >= 0.6 is 0 Å². The Morgan fingerprint density at radius 1 is 1.20 bits per heavy atom. The molecule has 3 heteroatoms. The molecule has 0 aromatic heterocycles. The topological polar surface area (TPSA) is 21.3 Å². The largest absolute Gasteiger partial charge is 0.496 e. The van der Waals surface area contributed by atoms with Gasteiger partial charge in [0.2, 0.25) is 0 Å². The van der Waals surface area contributed by atoms with Crippen LogP contribution in [0.2, 0.25) is 0 Å². The average Bonchev–Trinajstić information content (AvgIpc) is 2.89. The molecule has 2 aromatic rings. The van der Waals surface area contributed by atoms with Crippen molar-refractivity contribution in [2.75, 3.05) is 14.2 Å². The summed E-state index contributed by atoms with van der Waals surface area (Å²) in [5.74, 6) is 0.462. The summed E-state index contributed by atoms with van der Waals surface area (Å²) in [5, 5.41) is 3.33. The molecule has 0 heterocycles. The fourth-order valence-corrected chi connectivity index (χ4v) is 2.99. The van der Waals surface area contributed by atoms with Gasteiger partial charge in [-0.05, 0) is 54.8 Å². The Morgan fingerprint density at radius 3 is 2.80 bits per heavy atom. The molecule has 0 saturated carbocycles. The van der Waals surface area contributed by atoms with Crippen molar-refractivity contribution < 1.29 is 9.13 Å². The number of ether oxygens (including phenoxy) is 1.